The zero-order chi connectivity index (χ0) is 19.2. The van der Waals surface area contributed by atoms with Gasteiger partial charge in [0.15, 0.2) is 0 Å². The van der Waals surface area contributed by atoms with Gasteiger partial charge in [0.05, 0.1) is 11.9 Å². The zero-order valence-corrected chi connectivity index (χ0v) is 16.0. The standard InChI is InChI=1S/C21H27FN4O/c1-16(2)9-10-23-18-5-8-20(24-15-18)21(27)26-13-11-25(12-14-26)19-6-3-17(22)4-7-19/h3-8,15-16,23H,9-14H2,1-2H3. The number of amides is 1. The number of pyridine rings is 1. The number of aromatic nitrogens is 1. The molecule has 1 amide bonds. The Hall–Kier alpha value is -2.63. The highest BCUT2D eigenvalue weighted by Gasteiger charge is 2.23. The smallest absolute Gasteiger partial charge is 0.272 e. The van der Waals surface area contributed by atoms with E-state index in [9.17, 15) is 9.18 Å². The maximum absolute atomic E-state index is 13.1. The predicted octanol–water partition coefficient (Wildman–Crippen LogP) is 3.64. The minimum atomic E-state index is -0.235. The second-order valence-electron chi connectivity index (χ2n) is 7.30. The van der Waals surface area contributed by atoms with E-state index in [4.69, 9.17) is 0 Å². The number of nitrogens with zero attached hydrogens (tertiary/aromatic N) is 3. The van der Waals surface area contributed by atoms with Gasteiger partial charge in [-0.15, -0.1) is 0 Å². The number of hydrogen-bond donors (Lipinski definition) is 1. The van der Waals surface area contributed by atoms with Crippen LogP contribution in [0.5, 0.6) is 0 Å². The summed E-state index contributed by atoms with van der Waals surface area (Å²) in [6.45, 7) is 8.00. The molecule has 0 radical (unpaired) electrons. The Bertz CT molecular complexity index is 738. The third-order valence-corrected chi connectivity index (χ3v) is 4.79. The third-order valence-electron chi connectivity index (χ3n) is 4.79. The molecule has 0 spiro atoms. The highest BCUT2D eigenvalue weighted by atomic mass is 19.1. The highest BCUT2D eigenvalue weighted by molar-refractivity contribution is 5.92. The van der Waals surface area contributed by atoms with E-state index in [0.29, 0.717) is 24.7 Å². The minimum absolute atomic E-state index is 0.0394. The van der Waals surface area contributed by atoms with Crippen LogP contribution >= 0.6 is 0 Å². The first kappa shape index (κ1) is 19.1. The summed E-state index contributed by atoms with van der Waals surface area (Å²) >= 11 is 0. The fourth-order valence-corrected chi connectivity index (χ4v) is 3.11. The van der Waals surface area contributed by atoms with Gasteiger partial charge in [0, 0.05) is 38.4 Å². The van der Waals surface area contributed by atoms with E-state index >= 15 is 0 Å². The molecule has 5 nitrogen and oxygen atoms in total. The van der Waals surface area contributed by atoms with Crippen LogP contribution in [-0.4, -0.2) is 48.5 Å². The molecule has 0 unspecified atom stereocenters. The second kappa shape index (κ2) is 8.84. The predicted molar refractivity (Wildman–Crippen MR) is 107 cm³/mol. The minimum Gasteiger partial charge on any atom is -0.384 e. The van der Waals surface area contributed by atoms with E-state index in [1.807, 2.05) is 11.0 Å². The molecule has 0 aliphatic carbocycles. The van der Waals surface area contributed by atoms with Gasteiger partial charge in [-0.1, -0.05) is 13.8 Å². The van der Waals surface area contributed by atoms with Crippen LogP contribution < -0.4 is 10.2 Å². The lowest BCUT2D eigenvalue weighted by Gasteiger charge is -2.36. The van der Waals surface area contributed by atoms with Gasteiger partial charge in [0.2, 0.25) is 0 Å². The summed E-state index contributed by atoms with van der Waals surface area (Å²) in [6.07, 6.45) is 2.82. The average molecular weight is 370 g/mol. The number of nitrogens with one attached hydrogen (secondary N) is 1. The van der Waals surface area contributed by atoms with Crippen molar-refractivity contribution in [1.82, 2.24) is 9.88 Å². The van der Waals surface area contributed by atoms with Crippen molar-refractivity contribution < 1.29 is 9.18 Å². The van der Waals surface area contributed by atoms with E-state index in [1.165, 1.54) is 12.1 Å². The van der Waals surface area contributed by atoms with Crippen LogP contribution in [0.4, 0.5) is 15.8 Å². The molecule has 1 aromatic heterocycles. The SMILES string of the molecule is CC(C)CCNc1ccc(C(=O)N2CCN(c3ccc(F)cc3)CC2)nc1. The van der Waals surface area contributed by atoms with Crippen LogP contribution in [0.3, 0.4) is 0 Å². The molecule has 27 heavy (non-hydrogen) atoms. The van der Waals surface area contributed by atoms with Gasteiger partial charge in [-0.2, -0.15) is 0 Å². The van der Waals surface area contributed by atoms with E-state index < -0.39 is 0 Å². The van der Waals surface area contributed by atoms with Gasteiger partial charge in [0.1, 0.15) is 11.5 Å². The molecule has 0 atom stereocenters. The van der Waals surface area contributed by atoms with E-state index in [0.717, 1.165) is 37.4 Å². The quantitative estimate of drug-likeness (QED) is 0.843. The summed E-state index contributed by atoms with van der Waals surface area (Å²) < 4.78 is 13.1. The first-order valence-corrected chi connectivity index (χ1v) is 9.52. The van der Waals surface area contributed by atoms with Gasteiger partial charge in [-0.05, 0) is 48.7 Å². The summed E-state index contributed by atoms with van der Waals surface area (Å²) in [6, 6.07) is 10.2. The summed E-state index contributed by atoms with van der Waals surface area (Å²) in [4.78, 5) is 21.0. The third kappa shape index (κ3) is 5.18. The van der Waals surface area contributed by atoms with Crippen LogP contribution in [0.25, 0.3) is 0 Å². The first-order valence-electron chi connectivity index (χ1n) is 9.52. The fraction of sp³-hybridized carbons (Fsp3) is 0.429. The molecule has 1 saturated heterocycles. The fourth-order valence-electron chi connectivity index (χ4n) is 3.11. The van der Waals surface area contributed by atoms with E-state index in [-0.39, 0.29) is 11.7 Å². The van der Waals surface area contributed by atoms with Gasteiger partial charge < -0.3 is 15.1 Å². The average Bonchev–Trinajstić information content (AvgIpc) is 2.68. The lowest BCUT2D eigenvalue weighted by Crippen LogP contribution is -2.49. The molecule has 1 aliphatic heterocycles. The Labute approximate surface area is 160 Å². The monoisotopic (exact) mass is 370 g/mol. The molecule has 144 valence electrons. The largest absolute Gasteiger partial charge is 0.384 e. The molecule has 2 heterocycles. The molecule has 1 fully saturated rings. The Morgan fingerprint density at radius 3 is 2.41 bits per heavy atom. The second-order valence-corrected chi connectivity index (χ2v) is 7.30. The molecular formula is C21H27FN4O. The van der Waals surface area contributed by atoms with Crippen molar-refractivity contribution in [3.05, 3.63) is 54.1 Å². The molecular weight excluding hydrogens is 343 g/mol. The summed E-state index contributed by atoms with van der Waals surface area (Å²) in [5.74, 6) is 0.378. The van der Waals surface area contributed by atoms with Crippen LogP contribution in [0.1, 0.15) is 30.8 Å². The first-order chi connectivity index (χ1) is 13.0. The van der Waals surface area contributed by atoms with Crippen LogP contribution in [0, 0.1) is 11.7 Å². The van der Waals surface area contributed by atoms with Crippen molar-refractivity contribution in [2.45, 2.75) is 20.3 Å². The number of benzene rings is 1. The van der Waals surface area contributed by atoms with Crippen molar-refractivity contribution in [3.63, 3.8) is 0 Å². The lowest BCUT2D eigenvalue weighted by atomic mass is 10.1. The molecule has 3 rings (SSSR count). The van der Waals surface area contributed by atoms with Crippen LogP contribution in [0.2, 0.25) is 0 Å². The van der Waals surface area contributed by atoms with Crippen LogP contribution in [-0.2, 0) is 0 Å². The normalized spacial score (nSPS) is 14.5. The lowest BCUT2D eigenvalue weighted by molar-refractivity contribution is 0.0741. The number of carbonyl (C=O) groups excluding carboxylic acids is 1. The molecule has 0 bridgehead atoms. The van der Waals surface area contributed by atoms with Crippen molar-refractivity contribution >= 4 is 17.3 Å². The molecule has 1 aromatic carbocycles. The Balaban J connectivity index is 1.52. The van der Waals surface area contributed by atoms with E-state index in [1.54, 1.807) is 24.4 Å². The number of halogens is 1. The van der Waals surface area contributed by atoms with Crippen molar-refractivity contribution in [3.8, 4) is 0 Å². The van der Waals surface area contributed by atoms with Crippen molar-refractivity contribution in [2.75, 3.05) is 42.9 Å². The van der Waals surface area contributed by atoms with Crippen LogP contribution in [0.15, 0.2) is 42.6 Å². The summed E-state index contributed by atoms with van der Waals surface area (Å²) in [5, 5.41) is 3.33. The maximum Gasteiger partial charge on any atom is 0.272 e. The summed E-state index contributed by atoms with van der Waals surface area (Å²) in [7, 11) is 0. The molecule has 1 aliphatic rings. The number of hydrogen-bond acceptors (Lipinski definition) is 4. The van der Waals surface area contributed by atoms with Crippen molar-refractivity contribution in [1.29, 1.82) is 0 Å². The number of anilines is 2. The highest BCUT2D eigenvalue weighted by Crippen LogP contribution is 2.18. The van der Waals surface area contributed by atoms with Gasteiger partial charge in [-0.25, -0.2) is 9.37 Å². The van der Waals surface area contributed by atoms with Gasteiger partial charge in [0.25, 0.3) is 5.91 Å². The molecule has 2 aromatic rings. The van der Waals surface area contributed by atoms with Gasteiger partial charge >= 0.3 is 0 Å². The molecule has 6 heteroatoms. The van der Waals surface area contributed by atoms with E-state index in [2.05, 4.69) is 29.0 Å². The Morgan fingerprint density at radius 2 is 1.81 bits per heavy atom. The summed E-state index contributed by atoms with van der Waals surface area (Å²) in [5.41, 5.74) is 2.39. The molecule has 0 saturated carbocycles. The molecule has 1 N–H and O–H groups in total. The number of piperazine rings is 1. The van der Waals surface area contributed by atoms with Gasteiger partial charge in [-0.3, -0.25) is 4.79 Å². The topological polar surface area (TPSA) is 48.5 Å². The Morgan fingerprint density at radius 1 is 1.11 bits per heavy atom. The zero-order valence-electron chi connectivity index (χ0n) is 16.0. The maximum atomic E-state index is 13.1. The Kier molecular flexibility index (Phi) is 6.27. The number of rotatable bonds is 6. The van der Waals surface area contributed by atoms with Crippen molar-refractivity contribution in [2.24, 2.45) is 5.92 Å². The number of carbonyl (C=O) groups is 1.